The van der Waals surface area contributed by atoms with Gasteiger partial charge in [0.05, 0.1) is 6.61 Å². The largest absolute Gasteiger partial charge is 0.480 e. The van der Waals surface area contributed by atoms with Crippen LogP contribution in [-0.2, 0) is 4.79 Å². The molecule has 0 unspecified atom stereocenters. The Labute approximate surface area is 112 Å². The van der Waals surface area contributed by atoms with Gasteiger partial charge in [0.2, 0.25) is 5.82 Å². The van der Waals surface area contributed by atoms with Gasteiger partial charge >= 0.3 is 5.97 Å². The van der Waals surface area contributed by atoms with Crippen molar-refractivity contribution in [3.05, 3.63) is 29.8 Å². The molecule has 1 aromatic carbocycles. The normalized spacial score (nSPS) is 11.8. The molecule has 0 saturated carbocycles. The molecular formula is C11H11N5O4. The van der Waals surface area contributed by atoms with E-state index >= 15 is 0 Å². The lowest BCUT2D eigenvalue weighted by Crippen LogP contribution is -2.43. The molecule has 20 heavy (non-hydrogen) atoms. The van der Waals surface area contributed by atoms with Crippen LogP contribution in [0, 0.1) is 0 Å². The van der Waals surface area contributed by atoms with Gasteiger partial charge < -0.3 is 15.5 Å². The number of aromatic nitrogens is 4. The van der Waals surface area contributed by atoms with Gasteiger partial charge in [-0.25, -0.2) is 4.79 Å². The van der Waals surface area contributed by atoms with Crippen molar-refractivity contribution in [3.63, 3.8) is 0 Å². The Morgan fingerprint density at radius 2 is 2.00 bits per heavy atom. The molecule has 2 rings (SSSR count). The predicted molar refractivity (Wildman–Crippen MR) is 65.6 cm³/mol. The van der Waals surface area contributed by atoms with Crippen LogP contribution in [0.5, 0.6) is 0 Å². The van der Waals surface area contributed by atoms with Gasteiger partial charge in [-0.15, -0.1) is 10.2 Å². The van der Waals surface area contributed by atoms with Gasteiger partial charge in [0.15, 0.2) is 6.04 Å². The summed E-state index contributed by atoms with van der Waals surface area (Å²) in [6, 6.07) is 4.87. The first-order valence-electron chi connectivity index (χ1n) is 5.60. The molecule has 2 aromatic rings. The van der Waals surface area contributed by atoms with Crippen molar-refractivity contribution in [2.45, 2.75) is 6.04 Å². The van der Waals surface area contributed by atoms with Crippen molar-refractivity contribution in [1.82, 2.24) is 25.9 Å². The van der Waals surface area contributed by atoms with Crippen molar-refractivity contribution >= 4 is 11.9 Å². The smallest absolute Gasteiger partial charge is 0.328 e. The number of aliphatic carboxylic acids is 1. The number of aliphatic hydroxyl groups excluding tert-OH is 1. The second-order valence-electron chi connectivity index (χ2n) is 3.86. The van der Waals surface area contributed by atoms with Crippen molar-refractivity contribution in [3.8, 4) is 11.4 Å². The summed E-state index contributed by atoms with van der Waals surface area (Å²) < 4.78 is 0. The van der Waals surface area contributed by atoms with Crippen LogP contribution in [0.15, 0.2) is 24.3 Å². The van der Waals surface area contributed by atoms with Gasteiger partial charge in [0.25, 0.3) is 5.91 Å². The molecule has 104 valence electrons. The monoisotopic (exact) mass is 277 g/mol. The summed E-state index contributed by atoms with van der Waals surface area (Å²) in [4.78, 5) is 22.5. The number of benzene rings is 1. The molecular weight excluding hydrogens is 266 g/mol. The number of carbonyl (C=O) groups is 2. The van der Waals surface area contributed by atoms with E-state index in [1.165, 1.54) is 12.1 Å². The number of rotatable bonds is 5. The van der Waals surface area contributed by atoms with Gasteiger partial charge in [-0.1, -0.05) is 12.1 Å². The fourth-order valence-corrected chi connectivity index (χ4v) is 1.48. The predicted octanol–water partition coefficient (Wildman–Crippen LogP) is -0.958. The SMILES string of the molecule is O=C(N[C@@H](CO)C(=O)O)c1ccc(-c2nn[nH]n2)cc1. The third-order valence-corrected chi connectivity index (χ3v) is 2.54. The Kier molecular flexibility index (Phi) is 4.01. The molecule has 9 heteroatoms. The van der Waals surface area contributed by atoms with Crippen molar-refractivity contribution in [1.29, 1.82) is 0 Å². The number of carbonyl (C=O) groups excluding carboxylic acids is 1. The maximum Gasteiger partial charge on any atom is 0.328 e. The Morgan fingerprint density at radius 1 is 1.30 bits per heavy atom. The zero-order chi connectivity index (χ0) is 14.5. The number of carboxylic acids is 1. The van der Waals surface area contributed by atoms with Gasteiger partial charge in [-0.2, -0.15) is 5.21 Å². The number of nitrogens with zero attached hydrogens (tertiary/aromatic N) is 3. The van der Waals surface area contributed by atoms with Crippen LogP contribution in [0.2, 0.25) is 0 Å². The third kappa shape index (κ3) is 2.95. The minimum absolute atomic E-state index is 0.261. The quantitative estimate of drug-likeness (QED) is 0.551. The van der Waals surface area contributed by atoms with Crippen molar-refractivity contribution in [2.24, 2.45) is 0 Å². The van der Waals surface area contributed by atoms with Gasteiger partial charge in [0.1, 0.15) is 0 Å². The standard InChI is InChI=1S/C11H11N5O4/c17-5-8(11(19)20)12-10(18)7-3-1-6(2-4-7)9-13-15-16-14-9/h1-4,8,17H,5H2,(H,12,18)(H,19,20)(H,13,14,15,16)/t8-/m0/s1. The van der Waals surface area contributed by atoms with Crippen molar-refractivity contribution in [2.75, 3.05) is 6.61 Å². The Hall–Kier alpha value is -2.81. The van der Waals surface area contributed by atoms with E-state index in [-0.39, 0.29) is 5.56 Å². The molecule has 1 amide bonds. The first-order valence-corrected chi connectivity index (χ1v) is 5.60. The summed E-state index contributed by atoms with van der Waals surface area (Å²) >= 11 is 0. The molecule has 0 radical (unpaired) electrons. The van der Waals surface area contributed by atoms with Crippen LogP contribution < -0.4 is 5.32 Å². The maximum atomic E-state index is 11.8. The summed E-state index contributed by atoms with van der Waals surface area (Å²) in [5, 5.41) is 33.1. The number of hydrogen-bond acceptors (Lipinski definition) is 6. The van der Waals surface area contributed by atoms with Crippen molar-refractivity contribution < 1.29 is 19.8 Å². The fourth-order valence-electron chi connectivity index (χ4n) is 1.48. The highest BCUT2D eigenvalue weighted by molar-refractivity contribution is 5.96. The molecule has 0 aliphatic rings. The summed E-state index contributed by atoms with van der Waals surface area (Å²) in [5.41, 5.74) is 0.921. The summed E-state index contributed by atoms with van der Waals surface area (Å²) in [7, 11) is 0. The second kappa shape index (κ2) is 5.89. The molecule has 1 heterocycles. The van der Waals surface area contributed by atoms with Gasteiger partial charge in [-0.05, 0) is 17.3 Å². The average molecular weight is 277 g/mol. The highest BCUT2D eigenvalue weighted by atomic mass is 16.4. The highest BCUT2D eigenvalue weighted by Gasteiger charge is 2.19. The zero-order valence-corrected chi connectivity index (χ0v) is 10.1. The van der Waals surface area contributed by atoms with Gasteiger partial charge in [0, 0.05) is 11.1 Å². The first kappa shape index (κ1) is 13.6. The maximum absolute atomic E-state index is 11.8. The molecule has 0 fully saturated rings. The van der Waals surface area contributed by atoms with Crippen LogP contribution in [0.3, 0.4) is 0 Å². The summed E-state index contributed by atoms with van der Waals surface area (Å²) in [6.07, 6.45) is 0. The highest BCUT2D eigenvalue weighted by Crippen LogP contribution is 2.13. The number of tetrazole rings is 1. The number of carboxylic acid groups (broad SMARTS) is 1. The summed E-state index contributed by atoms with van der Waals surface area (Å²) in [6.45, 7) is -0.679. The van der Waals surface area contributed by atoms with E-state index in [4.69, 9.17) is 10.2 Å². The Balaban J connectivity index is 2.10. The van der Waals surface area contributed by atoms with Crippen LogP contribution in [0.4, 0.5) is 0 Å². The van der Waals surface area contributed by atoms with Crippen LogP contribution >= 0.6 is 0 Å². The minimum Gasteiger partial charge on any atom is -0.480 e. The molecule has 1 aromatic heterocycles. The summed E-state index contributed by atoms with van der Waals surface area (Å²) in [5.74, 6) is -1.51. The Bertz CT molecular complexity index is 596. The second-order valence-corrected chi connectivity index (χ2v) is 3.86. The van der Waals surface area contributed by atoms with E-state index in [2.05, 4.69) is 25.9 Å². The topological polar surface area (TPSA) is 141 Å². The first-order chi connectivity index (χ1) is 9.61. The molecule has 0 bridgehead atoms. The van der Waals surface area contributed by atoms with Crippen LogP contribution in [-0.4, -0.2) is 55.4 Å². The lowest BCUT2D eigenvalue weighted by atomic mass is 10.1. The van der Waals surface area contributed by atoms with E-state index in [0.29, 0.717) is 11.4 Å². The zero-order valence-electron chi connectivity index (χ0n) is 10.1. The average Bonchev–Trinajstić information content (AvgIpc) is 2.98. The number of aliphatic hydroxyl groups is 1. The van der Waals surface area contributed by atoms with E-state index in [1.54, 1.807) is 12.1 Å². The third-order valence-electron chi connectivity index (χ3n) is 2.54. The number of aromatic amines is 1. The number of H-pyrrole nitrogens is 1. The number of hydrogen-bond donors (Lipinski definition) is 4. The van der Waals surface area contributed by atoms with E-state index in [0.717, 1.165) is 0 Å². The number of nitrogens with one attached hydrogen (secondary N) is 2. The lowest BCUT2D eigenvalue weighted by Gasteiger charge is -2.11. The molecule has 0 aliphatic carbocycles. The van der Waals surface area contributed by atoms with Crippen LogP contribution in [0.25, 0.3) is 11.4 Å². The molecule has 0 spiro atoms. The lowest BCUT2D eigenvalue weighted by molar-refractivity contribution is -0.140. The van der Waals surface area contributed by atoms with Crippen LogP contribution in [0.1, 0.15) is 10.4 Å². The van der Waals surface area contributed by atoms with E-state index < -0.39 is 24.5 Å². The van der Waals surface area contributed by atoms with Gasteiger partial charge in [-0.3, -0.25) is 4.79 Å². The molecule has 4 N–H and O–H groups in total. The van der Waals surface area contributed by atoms with E-state index in [1.807, 2.05) is 0 Å². The fraction of sp³-hybridized carbons (Fsp3) is 0.182. The molecule has 9 nitrogen and oxygen atoms in total. The molecule has 0 aliphatic heterocycles. The molecule has 1 atom stereocenters. The van der Waals surface area contributed by atoms with E-state index in [9.17, 15) is 9.59 Å². The Morgan fingerprint density at radius 3 is 2.50 bits per heavy atom. The molecule has 0 saturated heterocycles. The minimum atomic E-state index is -1.33. The number of amides is 1.